The molecule has 2 aliphatic rings. The number of carbonyl (C=O) groups is 2. The number of carbonyl (C=O) groups excluding carboxylic acids is 1. The third-order valence-electron chi connectivity index (χ3n) is 11.9. The van der Waals surface area contributed by atoms with E-state index < -0.39 is 21.2 Å². The number of hydrogen-bond acceptors (Lipinski definition) is 13. The van der Waals surface area contributed by atoms with E-state index in [4.69, 9.17) is 38.6 Å². The number of halogens is 2. The van der Waals surface area contributed by atoms with Gasteiger partial charge >= 0.3 is 11.9 Å². The molecule has 19 heteroatoms. The van der Waals surface area contributed by atoms with Crippen LogP contribution in [-0.2, 0) is 74.9 Å². The molecule has 0 amide bonds. The maximum Gasteiger partial charge on any atom is 0.308 e. The van der Waals surface area contributed by atoms with Gasteiger partial charge in [0.1, 0.15) is 0 Å². The van der Waals surface area contributed by atoms with Crippen molar-refractivity contribution in [3.63, 3.8) is 0 Å². The summed E-state index contributed by atoms with van der Waals surface area (Å²) in [6.45, 7) is 4.10. The van der Waals surface area contributed by atoms with Gasteiger partial charge in [0.2, 0.25) is 21.0 Å². The Morgan fingerprint density at radius 3 is 1.46 bits per heavy atom. The van der Waals surface area contributed by atoms with Gasteiger partial charge in [-0.05, 0) is 162 Å². The molecule has 8 rings (SSSR count). The number of nitrogens with zero attached hydrogens (tertiary/aromatic N) is 8. The molecule has 2 N–H and O–H groups in total. The van der Waals surface area contributed by atoms with Crippen molar-refractivity contribution in [3.8, 4) is 11.8 Å². The highest BCUT2D eigenvalue weighted by Gasteiger charge is 2.22. The van der Waals surface area contributed by atoms with Crippen molar-refractivity contribution in [2.75, 3.05) is 27.4 Å². The third kappa shape index (κ3) is 18.7. The molecule has 71 heavy (non-hydrogen) atoms. The van der Waals surface area contributed by atoms with Crippen molar-refractivity contribution in [3.05, 3.63) is 142 Å². The van der Waals surface area contributed by atoms with Gasteiger partial charge in [-0.2, -0.15) is 10.2 Å². The lowest BCUT2D eigenvalue weighted by molar-refractivity contribution is -0.144. The molecular formula is C52H66Cl2N8O8S. The van der Waals surface area contributed by atoms with Gasteiger partial charge in [0.05, 0.1) is 57.1 Å². The molecule has 6 aromatic heterocycles. The molecule has 0 radical (unpaired) electrons. The number of aliphatic carboxylic acids is 1. The predicted molar refractivity (Wildman–Crippen MR) is 274 cm³/mol. The Morgan fingerprint density at radius 1 is 0.648 bits per heavy atom. The van der Waals surface area contributed by atoms with Crippen LogP contribution in [0.15, 0.2) is 85.5 Å². The lowest BCUT2D eigenvalue weighted by atomic mass is 9.95. The number of methoxy groups -OCH3 is 2. The van der Waals surface area contributed by atoms with E-state index in [-0.39, 0.29) is 31.5 Å². The first-order valence-electron chi connectivity index (χ1n) is 24.2. The molecule has 16 nitrogen and oxygen atoms in total. The quantitative estimate of drug-likeness (QED) is 0.0573. The number of carboxylic acid groups (broad SMARTS) is 1. The normalized spacial score (nSPS) is 13.4. The van der Waals surface area contributed by atoms with Crippen LogP contribution in [0.5, 0.6) is 11.8 Å². The molecule has 2 atom stereocenters. The van der Waals surface area contributed by atoms with E-state index in [1.165, 1.54) is 53.9 Å². The van der Waals surface area contributed by atoms with Crippen LogP contribution < -0.4 is 9.47 Å². The molecule has 0 saturated heterocycles. The Kier molecular flexibility index (Phi) is 23.9. The van der Waals surface area contributed by atoms with Crippen molar-refractivity contribution < 1.29 is 38.2 Å². The number of aliphatic hydroxyl groups excluding tert-OH is 1. The van der Waals surface area contributed by atoms with E-state index in [2.05, 4.69) is 60.7 Å². The van der Waals surface area contributed by atoms with Crippen LogP contribution in [0.1, 0.15) is 134 Å². The van der Waals surface area contributed by atoms with Gasteiger partial charge in [0, 0.05) is 87.7 Å². The van der Waals surface area contributed by atoms with E-state index in [1.807, 2.05) is 48.3 Å². The third-order valence-corrected chi connectivity index (χ3v) is 11.9. The van der Waals surface area contributed by atoms with E-state index in [0.717, 1.165) is 92.4 Å². The number of aromatic nitrogens is 8. The minimum absolute atomic E-state index is 0.0613. The fourth-order valence-corrected chi connectivity index (χ4v) is 8.49. The zero-order chi connectivity index (χ0) is 51.0. The van der Waals surface area contributed by atoms with Crippen LogP contribution in [0.4, 0.5) is 0 Å². The number of fused-ring (bicyclic) bond motifs is 2. The first-order valence-corrected chi connectivity index (χ1v) is 27.0. The van der Waals surface area contributed by atoms with Crippen molar-refractivity contribution in [2.45, 2.75) is 129 Å². The lowest BCUT2D eigenvalue weighted by Gasteiger charge is -2.17. The van der Waals surface area contributed by atoms with Crippen LogP contribution in [0.3, 0.4) is 0 Å². The number of hydrogen-bond donors (Lipinski definition) is 2. The first-order chi connectivity index (χ1) is 34.4. The standard InChI is InChI=1S/C26H32N4O3.C24H28N4O3.C2H6O.Cl2OS/c1-3-33-26(31)17-24(20-12-14-25(32-2)27-18-20)30-16-15-22(29-30)9-6-8-21-13-11-19-7-4-5-10-23(19)28-21;1-31-23-12-10-18(16-25-23)22(15-24(29)30)28-14-13-20(27-28)7-4-6-19-11-9-17-5-2-3-8-21(17)26-19;1-2-3;1-4(2)3/h11-16,18,24H,3-10,17H2,1-2H3;9-14,16,22H,2-8,15H2,1H3,(H,29,30);3H,2H2,1H3;/t24-;22-;;/m00../s1. The Balaban J connectivity index is 0.000000234. The summed E-state index contributed by atoms with van der Waals surface area (Å²) >= 11 is 0. The van der Waals surface area contributed by atoms with Gasteiger partial charge in [0.25, 0.3) is 0 Å². The van der Waals surface area contributed by atoms with Crippen molar-refractivity contribution in [1.29, 1.82) is 0 Å². The number of esters is 1. The highest BCUT2D eigenvalue weighted by atomic mass is 36.0. The van der Waals surface area contributed by atoms with E-state index in [0.29, 0.717) is 18.4 Å². The molecule has 6 heterocycles. The number of ether oxygens (including phenoxy) is 3. The minimum atomic E-state index is -1.67. The summed E-state index contributed by atoms with van der Waals surface area (Å²) in [5, 5.41) is 26.4. The summed E-state index contributed by atoms with van der Waals surface area (Å²) in [5.41, 5.74) is 11.3. The molecule has 0 unspecified atom stereocenters. The average molecular weight is 1030 g/mol. The maximum absolute atomic E-state index is 12.2. The molecule has 0 aromatic carbocycles. The number of rotatable bonds is 19. The summed E-state index contributed by atoms with van der Waals surface area (Å²) in [5.74, 6) is -0.106. The highest BCUT2D eigenvalue weighted by molar-refractivity contribution is 8.26. The zero-order valence-corrected chi connectivity index (χ0v) is 43.4. The monoisotopic (exact) mass is 1030 g/mol. The number of carboxylic acids is 1. The summed E-state index contributed by atoms with van der Waals surface area (Å²) in [4.78, 5) is 41.9. The minimum Gasteiger partial charge on any atom is -0.481 e. The smallest absolute Gasteiger partial charge is 0.308 e. The van der Waals surface area contributed by atoms with Crippen LogP contribution in [-0.4, -0.2) is 93.3 Å². The number of aryl methyl sites for hydroxylation is 8. The molecule has 382 valence electrons. The van der Waals surface area contributed by atoms with E-state index >= 15 is 0 Å². The van der Waals surface area contributed by atoms with Crippen molar-refractivity contribution in [1.82, 2.24) is 39.5 Å². The van der Waals surface area contributed by atoms with Gasteiger partial charge in [-0.15, -0.1) is 0 Å². The molecule has 0 aliphatic heterocycles. The Morgan fingerprint density at radius 2 is 1.07 bits per heavy atom. The maximum atomic E-state index is 12.2. The van der Waals surface area contributed by atoms with Gasteiger partial charge in [0.15, 0.2) is 0 Å². The van der Waals surface area contributed by atoms with Gasteiger partial charge in [-0.1, -0.05) is 12.1 Å². The molecule has 0 fully saturated rings. The molecule has 6 aromatic rings. The molecule has 2 aliphatic carbocycles. The number of pyridine rings is 4. The lowest BCUT2D eigenvalue weighted by Crippen LogP contribution is -2.18. The predicted octanol–water partition coefficient (Wildman–Crippen LogP) is 9.12. The number of aliphatic hydroxyl groups is 1. The first kappa shape index (κ1) is 56.2. The van der Waals surface area contributed by atoms with Crippen LogP contribution in [0.25, 0.3) is 0 Å². The van der Waals surface area contributed by atoms with Gasteiger partial charge in [-0.25, -0.2) is 14.2 Å². The second-order valence-electron chi connectivity index (χ2n) is 16.9. The molecule has 0 saturated carbocycles. The second-order valence-corrected chi connectivity index (χ2v) is 19.4. The average Bonchev–Trinajstić information content (AvgIpc) is 4.05. The Hall–Kier alpha value is -5.75. The largest absolute Gasteiger partial charge is 0.481 e. The Bertz CT molecular complexity index is 2570. The highest BCUT2D eigenvalue weighted by Crippen LogP contribution is 2.26. The summed E-state index contributed by atoms with van der Waals surface area (Å²) in [7, 11) is 10.5. The van der Waals surface area contributed by atoms with Gasteiger partial charge in [-0.3, -0.25) is 28.9 Å². The van der Waals surface area contributed by atoms with Crippen molar-refractivity contribution in [2.24, 2.45) is 0 Å². The van der Waals surface area contributed by atoms with Crippen LogP contribution in [0.2, 0.25) is 0 Å². The zero-order valence-electron chi connectivity index (χ0n) is 41.1. The topological polar surface area (TPSA) is 207 Å². The van der Waals surface area contributed by atoms with Crippen molar-refractivity contribution >= 4 is 42.5 Å². The fraction of sp³-hybridized carbons (Fsp3) is 0.462. The van der Waals surface area contributed by atoms with E-state index in [9.17, 15) is 14.7 Å². The SMILES string of the molecule is CCO.CCOC(=O)C[C@@H](c1ccc(OC)nc1)n1ccc(CCCc2ccc3c(n2)CCCC3)n1.COc1ccc([C@H](CC(=O)O)n2ccc(CCCc3ccc4c(n3)CCCC4)n2)cn1.O=S(Cl)Cl. The summed E-state index contributed by atoms with van der Waals surface area (Å²) in [6, 6.07) is 19.4. The molecular weight excluding hydrogens is 968 g/mol. The van der Waals surface area contributed by atoms with Crippen LogP contribution in [0, 0.1) is 0 Å². The summed E-state index contributed by atoms with van der Waals surface area (Å²) < 4.78 is 28.1. The molecule has 0 spiro atoms. The second kappa shape index (κ2) is 30.2. The van der Waals surface area contributed by atoms with Crippen LogP contribution >= 0.6 is 21.4 Å². The Labute approximate surface area is 428 Å². The van der Waals surface area contributed by atoms with Gasteiger partial charge < -0.3 is 24.4 Å². The fourth-order valence-electron chi connectivity index (χ4n) is 8.49. The summed E-state index contributed by atoms with van der Waals surface area (Å²) in [6.07, 6.45) is 22.3. The van der Waals surface area contributed by atoms with E-state index in [1.54, 1.807) is 50.4 Å². The molecule has 0 bridgehead atoms.